The Kier molecular flexibility index (Phi) is 3.46. The van der Waals surface area contributed by atoms with Crippen LogP contribution in [0.5, 0.6) is 0 Å². The average Bonchev–Trinajstić information content (AvgIpc) is 2.09. The molecule has 12 heavy (non-hydrogen) atoms. The van der Waals surface area contributed by atoms with Crippen LogP contribution < -0.4 is 0 Å². The molecule has 0 radical (unpaired) electrons. The van der Waals surface area contributed by atoms with Crippen LogP contribution >= 0.6 is 0 Å². The summed E-state index contributed by atoms with van der Waals surface area (Å²) in [5.41, 5.74) is 0. The first-order valence-corrected chi connectivity index (χ1v) is 4.31. The fourth-order valence-corrected chi connectivity index (χ4v) is 1.45. The van der Waals surface area contributed by atoms with Crippen molar-refractivity contribution in [2.45, 2.75) is 44.2 Å². The van der Waals surface area contributed by atoms with Gasteiger partial charge in [-0.1, -0.05) is 6.92 Å². The van der Waals surface area contributed by atoms with Gasteiger partial charge in [0.15, 0.2) is 0 Å². The minimum atomic E-state index is -0.946. The topological polar surface area (TPSA) is 69.9 Å². The third-order valence-electron chi connectivity index (χ3n) is 2.28. The van der Waals surface area contributed by atoms with Crippen LogP contribution in [0.25, 0.3) is 0 Å². The van der Waals surface area contributed by atoms with E-state index in [4.69, 9.17) is 9.84 Å². The maximum Gasteiger partial charge on any atom is 0.109 e. The molecule has 0 bridgehead atoms. The maximum absolute atomic E-state index is 9.34. The van der Waals surface area contributed by atoms with Gasteiger partial charge in [-0.15, -0.1) is 0 Å². The van der Waals surface area contributed by atoms with Crippen LogP contribution in [0, 0.1) is 0 Å². The highest BCUT2D eigenvalue weighted by Gasteiger charge is 2.35. The molecule has 72 valence electrons. The molecule has 1 fully saturated rings. The third-order valence-corrected chi connectivity index (χ3v) is 2.28. The highest BCUT2D eigenvalue weighted by Crippen LogP contribution is 2.21. The van der Waals surface area contributed by atoms with Crippen molar-refractivity contribution in [3.8, 4) is 0 Å². The first-order valence-electron chi connectivity index (χ1n) is 4.31. The van der Waals surface area contributed by atoms with Gasteiger partial charge < -0.3 is 20.1 Å². The van der Waals surface area contributed by atoms with Crippen molar-refractivity contribution in [1.29, 1.82) is 0 Å². The predicted molar refractivity (Wildman–Crippen MR) is 42.7 cm³/mol. The molecule has 0 aromatic carbocycles. The van der Waals surface area contributed by atoms with Crippen LogP contribution in [0.1, 0.15) is 19.8 Å². The van der Waals surface area contributed by atoms with Gasteiger partial charge in [0.1, 0.15) is 12.2 Å². The molecule has 1 aliphatic rings. The number of aliphatic hydroxyl groups is 3. The lowest BCUT2D eigenvalue weighted by molar-refractivity contribution is -0.179. The Balaban J connectivity index is 2.52. The molecule has 3 N–H and O–H groups in total. The minimum Gasteiger partial charge on any atom is -0.394 e. The Hall–Kier alpha value is -0.160. The van der Waals surface area contributed by atoms with Gasteiger partial charge >= 0.3 is 0 Å². The van der Waals surface area contributed by atoms with Crippen molar-refractivity contribution in [1.82, 2.24) is 0 Å². The minimum absolute atomic E-state index is 0.0412. The summed E-state index contributed by atoms with van der Waals surface area (Å²) in [4.78, 5) is 0. The molecule has 0 aliphatic carbocycles. The number of ether oxygens (including phenoxy) is 1. The summed E-state index contributed by atoms with van der Waals surface area (Å²) in [5.74, 6) is 0. The number of rotatable bonds is 2. The molecule has 0 saturated carbocycles. The van der Waals surface area contributed by atoms with Crippen LogP contribution in [0.4, 0.5) is 0 Å². The molecule has 0 aromatic heterocycles. The largest absolute Gasteiger partial charge is 0.394 e. The maximum atomic E-state index is 9.34. The van der Waals surface area contributed by atoms with E-state index in [0.717, 1.165) is 6.42 Å². The lowest BCUT2D eigenvalue weighted by atomic mass is 9.97. The van der Waals surface area contributed by atoms with Gasteiger partial charge in [-0.25, -0.2) is 0 Å². The Bertz CT molecular complexity index is 139. The Labute approximate surface area is 71.8 Å². The average molecular weight is 176 g/mol. The van der Waals surface area contributed by atoms with E-state index in [1.165, 1.54) is 0 Å². The zero-order valence-corrected chi connectivity index (χ0v) is 7.18. The number of hydrogen-bond donors (Lipinski definition) is 3. The second-order valence-corrected chi connectivity index (χ2v) is 3.18. The molecule has 4 nitrogen and oxygen atoms in total. The van der Waals surface area contributed by atoms with E-state index >= 15 is 0 Å². The molecule has 1 saturated heterocycles. The van der Waals surface area contributed by atoms with Crippen LogP contribution in [-0.2, 0) is 4.74 Å². The van der Waals surface area contributed by atoms with Crippen molar-refractivity contribution in [2.75, 3.05) is 6.61 Å². The predicted octanol–water partition coefficient (Wildman–Crippen LogP) is -0.732. The van der Waals surface area contributed by atoms with Crippen molar-refractivity contribution in [2.24, 2.45) is 0 Å². The second-order valence-electron chi connectivity index (χ2n) is 3.18. The molecular weight excluding hydrogens is 160 g/mol. The lowest BCUT2D eigenvalue weighted by Gasteiger charge is -2.35. The molecule has 0 unspecified atom stereocenters. The first kappa shape index (κ1) is 9.92. The molecule has 0 aromatic rings. The fraction of sp³-hybridized carbons (Fsp3) is 1.00. The van der Waals surface area contributed by atoms with Gasteiger partial charge in [0.05, 0.1) is 18.8 Å². The normalized spacial score (nSPS) is 43.0. The Morgan fingerprint density at radius 2 is 2.08 bits per heavy atom. The van der Waals surface area contributed by atoms with Crippen molar-refractivity contribution < 1.29 is 20.1 Å². The van der Waals surface area contributed by atoms with Crippen molar-refractivity contribution in [3.63, 3.8) is 0 Å². The third kappa shape index (κ3) is 1.95. The highest BCUT2D eigenvalue weighted by atomic mass is 16.5. The standard InChI is InChI=1S/C8H16O4/c1-2-5-3-6(10)8(11)7(4-9)12-5/h5-11H,2-4H2,1H3/t5-,6+,7+,8+/m0/s1. The zero-order valence-electron chi connectivity index (χ0n) is 7.18. The SMILES string of the molecule is CC[C@H]1C[C@@H](O)[C@@H](O)[C@@H](CO)O1. The molecule has 1 heterocycles. The zero-order chi connectivity index (χ0) is 9.14. The summed E-state index contributed by atoms with van der Waals surface area (Å²) in [6, 6.07) is 0. The molecule has 4 atom stereocenters. The number of hydrogen-bond acceptors (Lipinski definition) is 4. The van der Waals surface area contributed by atoms with Gasteiger partial charge in [0.2, 0.25) is 0 Å². The van der Waals surface area contributed by atoms with Crippen LogP contribution in [0.15, 0.2) is 0 Å². The molecule has 1 aliphatic heterocycles. The van der Waals surface area contributed by atoms with Gasteiger partial charge in [-0.05, 0) is 6.42 Å². The first-order chi connectivity index (χ1) is 5.69. The highest BCUT2D eigenvalue weighted by molar-refractivity contribution is 4.84. The van der Waals surface area contributed by atoms with E-state index in [0.29, 0.717) is 6.42 Å². The molecule has 0 spiro atoms. The van der Waals surface area contributed by atoms with E-state index in [-0.39, 0.29) is 12.7 Å². The Morgan fingerprint density at radius 3 is 2.58 bits per heavy atom. The van der Waals surface area contributed by atoms with E-state index in [9.17, 15) is 10.2 Å². The van der Waals surface area contributed by atoms with Gasteiger partial charge in [-0.3, -0.25) is 0 Å². The van der Waals surface area contributed by atoms with Gasteiger partial charge in [0, 0.05) is 6.42 Å². The van der Waals surface area contributed by atoms with Crippen molar-refractivity contribution >= 4 is 0 Å². The van der Waals surface area contributed by atoms with Crippen LogP contribution in [0.3, 0.4) is 0 Å². The summed E-state index contributed by atoms with van der Waals surface area (Å²) < 4.78 is 5.31. The van der Waals surface area contributed by atoms with Gasteiger partial charge in [-0.2, -0.15) is 0 Å². The number of aliphatic hydroxyl groups excluding tert-OH is 3. The summed E-state index contributed by atoms with van der Waals surface area (Å²) in [6.07, 6.45) is -1.13. The molecular formula is C8H16O4. The van der Waals surface area contributed by atoms with Gasteiger partial charge in [0.25, 0.3) is 0 Å². The van der Waals surface area contributed by atoms with E-state index < -0.39 is 18.3 Å². The Morgan fingerprint density at radius 1 is 1.42 bits per heavy atom. The van der Waals surface area contributed by atoms with Crippen LogP contribution in [0.2, 0.25) is 0 Å². The van der Waals surface area contributed by atoms with Crippen molar-refractivity contribution in [3.05, 3.63) is 0 Å². The lowest BCUT2D eigenvalue weighted by Crippen LogP contribution is -2.49. The monoisotopic (exact) mass is 176 g/mol. The smallest absolute Gasteiger partial charge is 0.109 e. The fourth-order valence-electron chi connectivity index (χ4n) is 1.45. The summed E-state index contributed by atoms with van der Waals surface area (Å²) >= 11 is 0. The quantitative estimate of drug-likeness (QED) is 0.518. The second kappa shape index (κ2) is 4.18. The molecule has 1 rings (SSSR count). The van der Waals surface area contributed by atoms with E-state index in [2.05, 4.69) is 0 Å². The summed E-state index contributed by atoms with van der Waals surface area (Å²) in [6.45, 7) is 1.71. The molecule has 0 amide bonds. The van der Waals surface area contributed by atoms with E-state index in [1.54, 1.807) is 0 Å². The van der Waals surface area contributed by atoms with Crippen LogP contribution in [-0.4, -0.2) is 46.3 Å². The van der Waals surface area contributed by atoms with E-state index in [1.807, 2.05) is 6.92 Å². The summed E-state index contributed by atoms with van der Waals surface area (Å²) in [5, 5.41) is 27.5. The molecule has 4 heteroatoms. The summed E-state index contributed by atoms with van der Waals surface area (Å²) in [7, 11) is 0.